The van der Waals surface area contributed by atoms with Crippen molar-refractivity contribution < 1.29 is 4.79 Å². The van der Waals surface area contributed by atoms with Gasteiger partial charge >= 0.3 is 0 Å². The molecule has 0 bridgehead atoms. The molecule has 2 N–H and O–H groups in total. The molecule has 1 amide bonds. The summed E-state index contributed by atoms with van der Waals surface area (Å²) in [4.78, 5) is 22.0. The number of nitrogens with zero attached hydrogens (tertiary/aromatic N) is 3. The number of carbonyl (C=O) groups is 1. The van der Waals surface area contributed by atoms with E-state index in [-0.39, 0.29) is 6.04 Å². The summed E-state index contributed by atoms with van der Waals surface area (Å²) in [7, 11) is 0. The number of aromatic nitrogens is 1. The topological polar surface area (TPSA) is 60.5 Å². The predicted molar refractivity (Wildman–Crippen MR) is 102 cm³/mol. The number of nitrogens with one attached hydrogen (secondary N) is 2. The summed E-state index contributed by atoms with van der Waals surface area (Å²) in [6.07, 6.45) is 6.30. The zero-order valence-corrected chi connectivity index (χ0v) is 15.6. The summed E-state index contributed by atoms with van der Waals surface area (Å²) in [5.41, 5.74) is 1.46. The van der Waals surface area contributed by atoms with Gasteiger partial charge in [0.1, 0.15) is 0 Å². The molecule has 0 aromatic carbocycles. The first kappa shape index (κ1) is 17.9. The van der Waals surface area contributed by atoms with Crippen LogP contribution in [0.15, 0.2) is 24.4 Å². The van der Waals surface area contributed by atoms with E-state index in [2.05, 4.69) is 31.5 Å². The van der Waals surface area contributed by atoms with Crippen molar-refractivity contribution in [2.24, 2.45) is 5.41 Å². The lowest BCUT2D eigenvalue weighted by Crippen LogP contribution is -2.45. The van der Waals surface area contributed by atoms with Gasteiger partial charge in [-0.2, -0.15) is 0 Å². The first-order chi connectivity index (χ1) is 12.7. The van der Waals surface area contributed by atoms with Gasteiger partial charge in [-0.25, -0.2) is 0 Å². The van der Waals surface area contributed by atoms with Gasteiger partial charge in [-0.05, 0) is 56.3 Å². The zero-order chi connectivity index (χ0) is 17.8. The van der Waals surface area contributed by atoms with Gasteiger partial charge in [0, 0.05) is 45.5 Å². The Morgan fingerprint density at radius 1 is 1.19 bits per heavy atom. The normalized spacial score (nSPS) is 26.8. The molecule has 142 valence electrons. The molecule has 3 fully saturated rings. The van der Waals surface area contributed by atoms with Gasteiger partial charge in [-0.1, -0.05) is 6.07 Å². The van der Waals surface area contributed by atoms with Gasteiger partial charge < -0.3 is 15.5 Å². The third kappa shape index (κ3) is 4.08. The summed E-state index contributed by atoms with van der Waals surface area (Å²) in [5, 5.41) is 6.99. The highest BCUT2D eigenvalue weighted by Gasteiger charge is 2.43. The van der Waals surface area contributed by atoms with Crippen LogP contribution in [0.25, 0.3) is 0 Å². The lowest BCUT2D eigenvalue weighted by molar-refractivity contribution is -0.133. The summed E-state index contributed by atoms with van der Waals surface area (Å²) >= 11 is 0. The minimum atomic E-state index is 0.0236. The second-order valence-electron chi connectivity index (χ2n) is 8.16. The third-order valence-electron chi connectivity index (χ3n) is 6.33. The minimum Gasteiger partial charge on any atom is -0.340 e. The van der Waals surface area contributed by atoms with Gasteiger partial charge in [-0.15, -0.1) is 0 Å². The maximum absolute atomic E-state index is 13.1. The van der Waals surface area contributed by atoms with Crippen LogP contribution in [-0.4, -0.2) is 72.5 Å². The van der Waals surface area contributed by atoms with E-state index >= 15 is 0 Å². The van der Waals surface area contributed by atoms with Crippen molar-refractivity contribution in [1.29, 1.82) is 0 Å². The Morgan fingerprint density at radius 2 is 2.08 bits per heavy atom. The van der Waals surface area contributed by atoms with Crippen LogP contribution in [0.4, 0.5) is 0 Å². The predicted octanol–water partition coefficient (Wildman–Crippen LogP) is 0.848. The van der Waals surface area contributed by atoms with E-state index in [0.29, 0.717) is 11.3 Å². The van der Waals surface area contributed by atoms with Crippen LogP contribution < -0.4 is 10.6 Å². The molecule has 3 aliphatic heterocycles. The van der Waals surface area contributed by atoms with Crippen LogP contribution in [0, 0.1) is 5.41 Å². The van der Waals surface area contributed by atoms with E-state index in [9.17, 15) is 4.79 Å². The van der Waals surface area contributed by atoms with E-state index in [1.165, 1.54) is 12.8 Å². The fourth-order valence-corrected chi connectivity index (χ4v) is 4.72. The highest BCUT2D eigenvalue weighted by molar-refractivity contribution is 5.82. The molecular formula is C20H31N5O. The van der Waals surface area contributed by atoms with Gasteiger partial charge in [0.05, 0.1) is 11.7 Å². The summed E-state index contributed by atoms with van der Waals surface area (Å²) in [6, 6.07) is 6.10. The van der Waals surface area contributed by atoms with Crippen LogP contribution in [-0.2, 0) is 11.3 Å². The van der Waals surface area contributed by atoms with Gasteiger partial charge in [0.15, 0.2) is 0 Å². The fourth-order valence-electron chi connectivity index (χ4n) is 4.72. The SMILES string of the molecule is O=C(C1CC2(CCNCC2)CN1)N1CCCN(Cc2ccccn2)CC1. The number of carbonyl (C=O) groups excluding carboxylic acids is 1. The Hall–Kier alpha value is -1.50. The summed E-state index contributed by atoms with van der Waals surface area (Å²) < 4.78 is 0. The maximum Gasteiger partial charge on any atom is 0.239 e. The monoisotopic (exact) mass is 357 g/mol. The second-order valence-corrected chi connectivity index (χ2v) is 8.16. The summed E-state index contributed by atoms with van der Waals surface area (Å²) in [6.45, 7) is 7.75. The molecule has 4 rings (SSSR count). The molecule has 6 heteroatoms. The number of hydrogen-bond acceptors (Lipinski definition) is 5. The van der Waals surface area contributed by atoms with Gasteiger partial charge in [0.2, 0.25) is 5.91 Å². The third-order valence-corrected chi connectivity index (χ3v) is 6.33. The molecule has 4 heterocycles. The van der Waals surface area contributed by atoms with Crippen molar-refractivity contribution in [3.05, 3.63) is 30.1 Å². The molecule has 0 aliphatic carbocycles. The molecule has 1 atom stereocenters. The number of hydrogen-bond donors (Lipinski definition) is 2. The Kier molecular flexibility index (Phi) is 5.52. The van der Waals surface area contributed by atoms with Crippen LogP contribution in [0.1, 0.15) is 31.4 Å². The molecule has 26 heavy (non-hydrogen) atoms. The van der Waals surface area contributed by atoms with E-state index in [1.54, 1.807) is 0 Å². The van der Waals surface area contributed by atoms with Crippen LogP contribution >= 0.6 is 0 Å². The standard InChI is InChI=1S/C20H31N5O/c26-19(18-14-20(16-23-18)5-8-21-9-6-20)25-11-3-10-24(12-13-25)15-17-4-1-2-7-22-17/h1-2,4,7,18,21,23H,3,5-6,8-16H2. The Morgan fingerprint density at radius 3 is 2.88 bits per heavy atom. The van der Waals surface area contributed by atoms with E-state index in [4.69, 9.17) is 0 Å². The van der Waals surface area contributed by atoms with E-state index in [0.717, 1.165) is 70.9 Å². The van der Waals surface area contributed by atoms with Crippen molar-refractivity contribution >= 4 is 5.91 Å². The molecular weight excluding hydrogens is 326 g/mol. The molecule has 0 saturated carbocycles. The molecule has 1 aromatic heterocycles. The number of rotatable bonds is 3. The lowest BCUT2D eigenvalue weighted by atomic mass is 9.77. The van der Waals surface area contributed by atoms with Gasteiger partial charge in [-0.3, -0.25) is 14.7 Å². The number of amides is 1. The molecule has 3 saturated heterocycles. The van der Waals surface area contributed by atoms with Crippen LogP contribution in [0.3, 0.4) is 0 Å². The number of pyridine rings is 1. The molecule has 3 aliphatic rings. The highest BCUT2D eigenvalue weighted by Crippen LogP contribution is 2.37. The molecule has 1 spiro atoms. The molecule has 1 unspecified atom stereocenters. The van der Waals surface area contributed by atoms with Crippen molar-refractivity contribution in [3.8, 4) is 0 Å². The smallest absolute Gasteiger partial charge is 0.239 e. The second kappa shape index (κ2) is 8.03. The average Bonchev–Trinajstić information content (AvgIpc) is 2.93. The van der Waals surface area contributed by atoms with Crippen LogP contribution in [0.5, 0.6) is 0 Å². The van der Waals surface area contributed by atoms with Crippen molar-refractivity contribution in [1.82, 2.24) is 25.4 Å². The van der Waals surface area contributed by atoms with E-state index < -0.39 is 0 Å². The highest BCUT2D eigenvalue weighted by atomic mass is 16.2. The number of piperidine rings is 1. The first-order valence-electron chi connectivity index (χ1n) is 10.1. The Labute approximate surface area is 156 Å². The maximum atomic E-state index is 13.1. The van der Waals surface area contributed by atoms with Crippen molar-refractivity contribution in [3.63, 3.8) is 0 Å². The summed E-state index contributed by atoms with van der Waals surface area (Å²) in [5.74, 6) is 0.320. The first-order valence-corrected chi connectivity index (χ1v) is 10.1. The van der Waals surface area contributed by atoms with Crippen molar-refractivity contribution in [2.75, 3.05) is 45.8 Å². The zero-order valence-electron chi connectivity index (χ0n) is 15.6. The van der Waals surface area contributed by atoms with Crippen molar-refractivity contribution in [2.45, 2.75) is 38.3 Å². The Balaban J connectivity index is 1.30. The Bertz CT molecular complexity index is 601. The molecule has 6 nitrogen and oxygen atoms in total. The van der Waals surface area contributed by atoms with Gasteiger partial charge in [0.25, 0.3) is 0 Å². The van der Waals surface area contributed by atoms with Crippen LogP contribution in [0.2, 0.25) is 0 Å². The minimum absolute atomic E-state index is 0.0236. The van der Waals surface area contributed by atoms with E-state index in [1.807, 2.05) is 18.3 Å². The lowest BCUT2D eigenvalue weighted by Gasteiger charge is -2.33. The largest absolute Gasteiger partial charge is 0.340 e. The molecule has 0 radical (unpaired) electrons. The average molecular weight is 358 g/mol. The fraction of sp³-hybridized carbons (Fsp3) is 0.700. The molecule has 1 aromatic rings. The quantitative estimate of drug-likeness (QED) is 0.840.